The molecular weight excluding hydrogens is 598 g/mol. The van der Waals surface area contributed by atoms with Gasteiger partial charge in [-0.3, -0.25) is 9.78 Å². The lowest BCUT2D eigenvalue weighted by molar-refractivity contribution is 0.0968. The molecule has 0 saturated heterocycles. The van der Waals surface area contributed by atoms with Crippen LogP contribution >= 0.6 is 0 Å². The van der Waals surface area contributed by atoms with Crippen molar-refractivity contribution < 1.29 is 38.1 Å². The van der Waals surface area contributed by atoms with Gasteiger partial charge >= 0.3 is 6.09 Å². The molecule has 1 aliphatic carbocycles. The van der Waals surface area contributed by atoms with Crippen LogP contribution in [0, 0.1) is 0 Å². The summed E-state index contributed by atoms with van der Waals surface area (Å²) in [6.45, 7) is -0.187. The van der Waals surface area contributed by atoms with Crippen LogP contribution in [0.25, 0.3) is 11.1 Å². The highest BCUT2D eigenvalue weighted by molar-refractivity contribution is 7.90. The Hall–Kier alpha value is -4.00. The van der Waals surface area contributed by atoms with Crippen LogP contribution in [-0.4, -0.2) is 77.2 Å². The molecule has 0 bridgehead atoms. The summed E-state index contributed by atoms with van der Waals surface area (Å²) in [6.07, 6.45) is 7.33. The van der Waals surface area contributed by atoms with E-state index in [9.17, 15) is 28.2 Å². The summed E-state index contributed by atoms with van der Waals surface area (Å²) in [5, 5.41) is 29.1. The highest BCUT2D eigenvalue weighted by Crippen LogP contribution is 2.31. The molecule has 3 aromatic rings. The average molecular weight is 640 g/mol. The minimum Gasteiger partial charge on any atom is -0.490 e. The maximum Gasteiger partial charge on any atom is 0.407 e. The van der Waals surface area contributed by atoms with Crippen LogP contribution in [0.5, 0.6) is 5.75 Å². The van der Waals surface area contributed by atoms with Gasteiger partial charge in [0.15, 0.2) is 0 Å². The molecule has 1 aliphatic rings. The van der Waals surface area contributed by atoms with E-state index in [-0.39, 0.29) is 43.5 Å². The Morgan fingerprint density at radius 1 is 1.02 bits per heavy atom. The summed E-state index contributed by atoms with van der Waals surface area (Å²) >= 11 is 0. The molecular formula is C33H41N3O8S. The molecule has 0 unspecified atom stereocenters. The number of carbonyl (C=O) groups excluding carboxylic acids is 1. The van der Waals surface area contributed by atoms with Gasteiger partial charge in [0.2, 0.25) is 10.0 Å². The Morgan fingerprint density at radius 2 is 1.73 bits per heavy atom. The molecule has 2 aromatic carbocycles. The van der Waals surface area contributed by atoms with E-state index in [2.05, 4.69) is 9.71 Å². The van der Waals surface area contributed by atoms with Crippen LogP contribution in [-0.2, 0) is 16.4 Å². The van der Waals surface area contributed by atoms with Gasteiger partial charge in [-0.25, -0.2) is 17.9 Å². The Morgan fingerprint density at radius 3 is 2.38 bits per heavy atom. The fourth-order valence-electron chi connectivity index (χ4n) is 5.31. The van der Waals surface area contributed by atoms with E-state index in [0.29, 0.717) is 17.7 Å². The molecule has 45 heavy (non-hydrogen) atoms. The Bertz CT molecular complexity index is 1510. The molecule has 1 heterocycles. The molecule has 1 aromatic heterocycles. The van der Waals surface area contributed by atoms with Crippen LogP contribution in [0.3, 0.4) is 0 Å². The van der Waals surface area contributed by atoms with Crippen LogP contribution in [0.1, 0.15) is 72.5 Å². The lowest BCUT2D eigenvalue weighted by atomic mass is 10.0. The summed E-state index contributed by atoms with van der Waals surface area (Å²) in [7, 11) is -3.92. The number of rotatable bonds is 14. The maximum atomic E-state index is 13.1. The molecule has 2 amide bonds. The van der Waals surface area contributed by atoms with Gasteiger partial charge in [0.05, 0.1) is 30.1 Å². The molecule has 4 N–H and O–H groups in total. The van der Waals surface area contributed by atoms with Crippen LogP contribution in [0.15, 0.2) is 67.0 Å². The number of amides is 2. The summed E-state index contributed by atoms with van der Waals surface area (Å²) in [5.74, 6) is -0.842. The first-order chi connectivity index (χ1) is 21.6. The van der Waals surface area contributed by atoms with Crippen LogP contribution in [0.4, 0.5) is 4.79 Å². The predicted octanol–water partition coefficient (Wildman–Crippen LogP) is 4.55. The average Bonchev–Trinajstić information content (AvgIpc) is 3.31. The van der Waals surface area contributed by atoms with Gasteiger partial charge in [-0.2, -0.15) is 0 Å². The topological polar surface area (TPSA) is 166 Å². The number of carboxylic acid groups (broad SMARTS) is 1. The summed E-state index contributed by atoms with van der Waals surface area (Å²) in [5.41, 5.74) is 3.18. The molecule has 12 heteroatoms. The predicted molar refractivity (Wildman–Crippen MR) is 169 cm³/mol. The van der Waals surface area contributed by atoms with Gasteiger partial charge in [0.25, 0.3) is 5.91 Å². The molecule has 1 fully saturated rings. The highest BCUT2D eigenvalue weighted by Gasteiger charge is 2.23. The van der Waals surface area contributed by atoms with Crippen molar-refractivity contribution in [3.05, 3.63) is 83.7 Å². The second-order valence-electron chi connectivity index (χ2n) is 11.2. The first-order valence-electron chi connectivity index (χ1n) is 15.3. The largest absolute Gasteiger partial charge is 0.490 e. The molecule has 0 radical (unpaired) electrons. The van der Waals surface area contributed by atoms with E-state index in [0.717, 1.165) is 55.2 Å². The number of aromatic nitrogens is 1. The third-order valence-corrected chi connectivity index (χ3v) is 9.15. The van der Waals surface area contributed by atoms with Crippen LogP contribution in [0.2, 0.25) is 0 Å². The van der Waals surface area contributed by atoms with E-state index in [4.69, 9.17) is 9.84 Å². The first-order valence-corrected chi connectivity index (χ1v) is 16.9. The second kappa shape index (κ2) is 16.4. The Kier molecular flexibility index (Phi) is 12.3. The monoisotopic (exact) mass is 639 g/mol. The molecule has 1 atom stereocenters. The maximum absolute atomic E-state index is 13.1. The van der Waals surface area contributed by atoms with Crippen molar-refractivity contribution in [2.24, 2.45) is 0 Å². The van der Waals surface area contributed by atoms with E-state index in [1.807, 2.05) is 24.3 Å². The van der Waals surface area contributed by atoms with Crippen molar-refractivity contribution >= 4 is 22.0 Å². The zero-order chi connectivity index (χ0) is 32.2. The van der Waals surface area contributed by atoms with Crippen molar-refractivity contribution in [1.82, 2.24) is 14.6 Å². The lowest BCUT2D eigenvalue weighted by Crippen LogP contribution is -2.35. The number of aliphatic hydroxyl groups excluding tert-OH is 2. The van der Waals surface area contributed by atoms with E-state index >= 15 is 0 Å². The summed E-state index contributed by atoms with van der Waals surface area (Å²) in [4.78, 5) is 30.1. The number of carbonyl (C=O) groups is 2. The number of pyridine rings is 1. The number of nitrogens with zero attached hydrogens (tertiary/aromatic N) is 2. The van der Waals surface area contributed by atoms with Crippen molar-refractivity contribution in [2.75, 3.05) is 25.4 Å². The van der Waals surface area contributed by atoms with Gasteiger partial charge in [-0.05, 0) is 73.4 Å². The fourth-order valence-corrected chi connectivity index (χ4v) is 6.31. The summed E-state index contributed by atoms with van der Waals surface area (Å²) in [6, 6.07) is 16.0. The smallest absolute Gasteiger partial charge is 0.407 e. The molecule has 0 spiro atoms. The molecule has 11 nitrogen and oxygen atoms in total. The normalized spacial score (nSPS) is 14.7. The number of aliphatic hydroxyl groups is 2. The standard InChI is InChI=1S/C33H41N3O8S/c37-19-6-20-45(42,43)35-32(39)29-15-14-26(21-31(29)44-28-8-3-1-2-4-9-28)25-12-10-24(11-13-25)16-18-36(33(40)41)23-30(38)27-7-5-17-34-22-27/h5,7,10-15,17,21-22,28,30,37-38H,1-4,6,8-9,16,18-20,23H2,(H,35,39)(H,40,41)/t30-/m1/s1. The zero-order valence-electron chi connectivity index (χ0n) is 25.2. The van der Waals surface area contributed by atoms with E-state index in [1.54, 1.807) is 36.5 Å². The highest BCUT2D eigenvalue weighted by atomic mass is 32.2. The Labute approximate surface area is 263 Å². The summed E-state index contributed by atoms with van der Waals surface area (Å²) < 4.78 is 33.1. The second-order valence-corrected chi connectivity index (χ2v) is 13.1. The van der Waals surface area contributed by atoms with Gasteiger partial charge in [0.1, 0.15) is 5.75 Å². The fraction of sp³-hybridized carbons (Fsp3) is 0.424. The lowest BCUT2D eigenvalue weighted by Gasteiger charge is -2.22. The van der Waals surface area contributed by atoms with Crippen molar-refractivity contribution in [1.29, 1.82) is 0 Å². The zero-order valence-corrected chi connectivity index (χ0v) is 26.0. The van der Waals surface area contributed by atoms with Crippen LogP contribution < -0.4 is 9.46 Å². The Balaban J connectivity index is 1.48. The molecule has 0 aliphatic heterocycles. The molecule has 4 rings (SSSR count). The van der Waals surface area contributed by atoms with Crippen molar-refractivity contribution in [3.8, 4) is 16.9 Å². The van der Waals surface area contributed by atoms with Crippen molar-refractivity contribution in [2.45, 2.75) is 63.6 Å². The van der Waals surface area contributed by atoms with Gasteiger partial charge in [0, 0.05) is 31.1 Å². The number of ether oxygens (including phenoxy) is 1. The number of sulfonamides is 1. The minimum absolute atomic E-state index is 0.0185. The third-order valence-electron chi connectivity index (χ3n) is 7.83. The van der Waals surface area contributed by atoms with Crippen molar-refractivity contribution in [3.63, 3.8) is 0 Å². The van der Waals surface area contributed by atoms with Gasteiger partial charge < -0.3 is 25.0 Å². The van der Waals surface area contributed by atoms with Gasteiger partial charge in [-0.15, -0.1) is 0 Å². The molecule has 1 saturated carbocycles. The number of hydrogen-bond donors (Lipinski definition) is 4. The van der Waals surface area contributed by atoms with Gasteiger partial charge in [-0.1, -0.05) is 49.2 Å². The number of nitrogens with one attached hydrogen (secondary N) is 1. The minimum atomic E-state index is -3.92. The third kappa shape index (κ3) is 10.3. The number of benzene rings is 2. The SMILES string of the molecule is O=C(NS(=O)(=O)CCCO)c1ccc(-c2ccc(CCN(C[C@@H](O)c3cccnc3)C(=O)O)cc2)cc1OC1CCCCCC1. The van der Waals surface area contributed by atoms with E-state index in [1.165, 1.54) is 11.1 Å². The molecule has 242 valence electrons. The van der Waals surface area contributed by atoms with E-state index < -0.39 is 28.1 Å². The number of hydrogen-bond acceptors (Lipinski definition) is 8. The first kappa shape index (κ1) is 33.9. The quantitative estimate of drug-likeness (QED) is 0.185.